The van der Waals surface area contributed by atoms with Gasteiger partial charge >= 0.3 is 6.18 Å². The normalized spacial score (nSPS) is 11.4. The summed E-state index contributed by atoms with van der Waals surface area (Å²) in [6.45, 7) is 0. The van der Waals surface area contributed by atoms with Crippen LogP contribution in [0.3, 0.4) is 0 Å². The van der Waals surface area contributed by atoms with Crippen LogP contribution in [0.25, 0.3) is 22.8 Å². The second kappa shape index (κ2) is 6.92. The zero-order valence-electron chi connectivity index (χ0n) is 13.9. The Bertz CT molecular complexity index is 1020. The first-order chi connectivity index (χ1) is 12.7. The third-order valence-corrected chi connectivity index (χ3v) is 4.10. The van der Waals surface area contributed by atoms with Gasteiger partial charge in [0.1, 0.15) is 5.82 Å². The Balaban J connectivity index is 2.22. The average molecular weight is 396 g/mol. The van der Waals surface area contributed by atoms with E-state index in [0.29, 0.717) is 5.69 Å². The number of benzene rings is 1. The van der Waals surface area contributed by atoms with Crippen molar-refractivity contribution in [2.45, 2.75) is 6.18 Å². The van der Waals surface area contributed by atoms with Crippen LogP contribution in [0.2, 0.25) is 5.02 Å². The molecule has 0 saturated heterocycles. The Morgan fingerprint density at radius 3 is 2.63 bits per heavy atom. The van der Waals surface area contributed by atoms with Crippen LogP contribution in [0.5, 0.6) is 0 Å². The molecule has 10 heteroatoms. The lowest BCUT2D eigenvalue weighted by Gasteiger charge is -2.11. The molecule has 4 N–H and O–H groups in total. The van der Waals surface area contributed by atoms with Gasteiger partial charge in [0.15, 0.2) is 5.82 Å². The predicted molar refractivity (Wildman–Crippen MR) is 95.1 cm³/mol. The fraction of sp³-hybridized carbons (Fsp3) is 0.118. The van der Waals surface area contributed by atoms with E-state index in [1.165, 1.54) is 25.4 Å². The number of anilines is 1. The molecule has 0 aliphatic rings. The van der Waals surface area contributed by atoms with Crippen molar-refractivity contribution < 1.29 is 18.0 Å². The van der Waals surface area contributed by atoms with Gasteiger partial charge in [-0.25, -0.2) is 9.97 Å². The molecule has 6 nitrogen and oxygen atoms in total. The summed E-state index contributed by atoms with van der Waals surface area (Å²) in [4.78, 5) is 23.2. The number of amides is 1. The number of nitrogen functional groups attached to an aromatic ring is 1. The highest BCUT2D eigenvalue weighted by Crippen LogP contribution is 2.37. The molecule has 1 aromatic carbocycles. The maximum atomic E-state index is 13.1. The molecule has 0 fully saturated rings. The topological polar surface area (TPSA) is 96.7 Å². The number of halogens is 4. The zero-order valence-corrected chi connectivity index (χ0v) is 14.6. The first-order valence-corrected chi connectivity index (χ1v) is 7.99. The number of nitrogens with one attached hydrogen (secondary N) is 2. The number of nitrogens with zero attached hydrogens (tertiary/aromatic N) is 2. The van der Waals surface area contributed by atoms with Gasteiger partial charge in [0.25, 0.3) is 5.91 Å². The van der Waals surface area contributed by atoms with E-state index in [-0.39, 0.29) is 33.5 Å². The van der Waals surface area contributed by atoms with Crippen LogP contribution in [0.15, 0.2) is 36.5 Å². The SMILES string of the molecule is CNC(=O)c1cc(-c2nccc(N)n2)[nH]c1-c1cc(C(F)(F)F)ccc1Cl. The first kappa shape index (κ1) is 18.7. The maximum Gasteiger partial charge on any atom is 0.416 e. The van der Waals surface area contributed by atoms with Crippen molar-refractivity contribution in [3.05, 3.63) is 52.7 Å². The van der Waals surface area contributed by atoms with Gasteiger partial charge in [-0.05, 0) is 30.3 Å². The standard InChI is InChI=1S/C17H13ClF3N5O/c1-23-16(27)10-7-12(15-24-5-4-13(22)26-15)25-14(10)9-6-8(17(19,20)21)2-3-11(9)18/h2-7,25H,1H3,(H,23,27)(H2,22,24,26). The van der Waals surface area contributed by atoms with Crippen LogP contribution in [0.1, 0.15) is 15.9 Å². The third kappa shape index (κ3) is 3.72. The molecule has 0 unspecified atom stereocenters. The van der Waals surface area contributed by atoms with Gasteiger partial charge in [-0.1, -0.05) is 11.6 Å². The summed E-state index contributed by atoms with van der Waals surface area (Å²) in [7, 11) is 1.41. The Hall–Kier alpha value is -3.07. The number of aromatic amines is 1. The van der Waals surface area contributed by atoms with Crippen LogP contribution in [-0.4, -0.2) is 27.9 Å². The number of hydrogen-bond donors (Lipinski definition) is 3. The van der Waals surface area contributed by atoms with Gasteiger partial charge < -0.3 is 16.0 Å². The molecule has 2 heterocycles. The molecule has 0 spiro atoms. The molecule has 2 aromatic heterocycles. The molecular formula is C17H13ClF3N5O. The number of H-pyrrole nitrogens is 1. The summed E-state index contributed by atoms with van der Waals surface area (Å²) in [6.07, 6.45) is -3.13. The lowest BCUT2D eigenvalue weighted by molar-refractivity contribution is -0.137. The zero-order chi connectivity index (χ0) is 19.8. The average Bonchev–Trinajstić information content (AvgIpc) is 3.05. The van der Waals surface area contributed by atoms with Gasteiger partial charge in [0.05, 0.1) is 22.5 Å². The summed E-state index contributed by atoms with van der Waals surface area (Å²) in [5, 5.41) is 2.49. The van der Waals surface area contributed by atoms with Gasteiger partial charge in [-0.15, -0.1) is 0 Å². The van der Waals surface area contributed by atoms with Gasteiger partial charge in [0.2, 0.25) is 0 Å². The van der Waals surface area contributed by atoms with E-state index >= 15 is 0 Å². The van der Waals surface area contributed by atoms with Crippen molar-refractivity contribution in [2.24, 2.45) is 0 Å². The number of aromatic nitrogens is 3. The summed E-state index contributed by atoms with van der Waals surface area (Å²) in [5.41, 5.74) is 5.30. The molecule has 1 amide bonds. The van der Waals surface area contributed by atoms with E-state index in [0.717, 1.165) is 18.2 Å². The van der Waals surface area contributed by atoms with E-state index in [4.69, 9.17) is 17.3 Å². The molecule has 3 rings (SSSR count). The number of nitrogens with two attached hydrogens (primary N) is 1. The van der Waals surface area contributed by atoms with Gasteiger partial charge in [-0.2, -0.15) is 13.2 Å². The van der Waals surface area contributed by atoms with E-state index < -0.39 is 17.6 Å². The number of rotatable bonds is 3. The minimum Gasteiger partial charge on any atom is -0.384 e. The maximum absolute atomic E-state index is 13.1. The number of alkyl halides is 3. The molecule has 3 aromatic rings. The van der Waals surface area contributed by atoms with Crippen LogP contribution in [-0.2, 0) is 6.18 Å². The molecule has 0 atom stereocenters. The molecule has 27 heavy (non-hydrogen) atoms. The molecule has 0 aliphatic carbocycles. The Morgan fingerprint density at radius 1 is 1.26 bits per heavy atom. The highest BCUT2D eigenvalue weighted by atomic mass is 35.5. The quantitative estimate of drug-likeness (QED) is 0.629. The van der Waals surface area contributed by atoms with Crippen molar-refractivity contribution >= 4 is 23.3 Å². The van der Waals surface area contributed by atoms with E-state index in [1.807, 2.05) is 0 Å². The minimum atomic E-state index is -4.56. The van der Waals surface area contributed by atoms with Crippen molar-refractivity contribution in [1.82, 2.24) is 20.3 Å². The number of carbonyl (C=O) groups excluding carboxylic acids is 1. The van der Waals surface area contributed by atoms with Crippen LogP contribution in [0, 0.1) is 0 Å². The predicted octanol–water partition coefficient (Wildman–Crippen LogP) is 3.75. The van der Waals surface area contributed by atoms with E-state index in [9.17, 15) is 18.0 Å². The molecule has 0 bridgehead atoms. The van der Waals surface area contributed by atoms with E-state index in [1.54, 1.807) is 0 Å². The smallest absolute Gasteiger partial charge is 0.384 e. The monoisotopic (exact) mass is 395 g/mol. The minimum absolute atomic E-state index is 0.0280. The van der Waals surface area contributed by atoms with Crippen molar-refractivity contribution in [2.75, 3.05) is 12.8 Å². The Morgan fingerprint density at radius 2 is 2.00 bits per heavy atom. The van der Waals surface area contributed by atoms with Crippen molar-refractivity contribution in [3.8, 4) is 22.8 Å². The first-order valence-electron chi connectivity index (χ1n) is 7.62. The molecular weight excluding hydrogens is 383 g/mol. The Kier molecular flexibility index (Phi) is 4.79. The number of carbonyl (C=O) groups is 1. The summed E-state index contributed by atoms with van der Waals surface area (Å²) >= 11 is 6.11. The highest BCUT2D eigenvalue weighted by molar-refractivity contribution is 6.33. The van der Waals surface area contributed by atoms with Gasteiger partial charge in [-0.3, -0.25) is 4.79 Å². The lowest BCUT2D eigenvalue weighted by Crippen LogP contribution is -2.18. The molecule has 0 aliphatic heterocycles. The lowest BCUT2D eigenvalue weighted by atomic mass is 10.0. The fourth-order valence-corrected chi connectivity index (χ4v) is 2.71. The Labute approximate surface area is 156 Å². The molecule has 140 valence electrons. The van der Waals surface area contributed by atoms with Gasteiger partial charge in [0, 0.05) is 23.8 Å². The fourth-order valence-electron chi connectivity index (χ4n) is 2.50. The second-order valence-electron chi connectivity index (χ2n) is 5.55. The van der Waals surface area contributed by atoms with Crippen molar-refractivity contribution in [1.29, 1.82) is 0 Å². The highest BCUT2D eigenvalue weighted by Gasteiger charge is 2.32. The summed E-state index contributed by atoms with van der Waals surface area (Å²) in [6, 6.07) is 5.79. The third-order valence-electron chi connectivity index (χ3n) is 3.77. The molecule has 0 radical (unpaired) electrons. The van der Waals surface area contributed by atoms with Crippen LogP contribution >= 0.6 is 11.6 Å². The summed E-state index contributed by atoms with van der Waals surface area (Å²) in [5.74, 6) is -0.117. The van der Waals surface area contributed by atoms with Crippen molar-refractivity contribution in [3.63, 3.8) is 0 Å². The summed E-state index contributed by atoms with van der Waals surface area (Å²) < 4.78 is 39.3. The van der Waals surface area contributed by atoms with Crippen LogP contribution < -0.4 is 11.1 Å². The van der Waals surface area contributed by atoms with E-state index in [2.05, 4.69) is 20.3 Å². The van der Waals surface area contributed by atoms with Crippen LogP contribution in [0.4, 0.5) is 19.0 Å². The molecule has 0 saturated carbocycles. The largest absolute Gasteiger partial charge is 0.416 e. The number of hydrogen-bond acceptors (Lipinski definition) is 4. The second-order valence-corrected chi connectivity index (χ2v) is 5.96.